The number of aromatic nitrogens is 2. The first kappa shape index (κ1) is 14.0. The van der Waals surface area contributed by atoms with Crippen LogP contribution in [0.5, 0.6) is 0 Å². The number of carboxylic acids is 1. The van der Waals surface area contributed by atoms with Crippen LogP contribution in [0, 0.1) is 6.92 Å². The van der Waals surface area contributed by atoms with Crippen LogP contribution in [0.15, 0.2) is 30.3 Å². The lowest BCUT2D eigenvalue weighted by Crippen LogP contribution is -2.15. The van der Waals surface area contributed by atoms with E-state index in [9.17, 15) is 4.79 Å². The molecule has 104 valence electrons. The molecule has 0 fully saturated rings. The van der Waals surface area contributed by atoms with Gasteiger partial charge >= 0.3 is 5.97 Å². The van der Waals surface area contributed by atoms with Crippen molar-refractivity contribution in [1.82, 2.24) is 9.97 Å². The molecule has 0 aliphatic heterocycles. The fraction of sp³-hybridized carbons (Fsp3) is 0.267. The van der Waals surface area contributed by atoms with E-state index in [1.165, 1.54) is 6.07 Å². The zero-order valence-corrected chi connectivity index (χ0v) is 11.8. The van der Waals surface area contributed by atoms with Crippen molar-refractivity contribution in [3.63, 3.8) is 0 Å². The van der Waals surface area contributed by atoms with Crippen molar-refractivity contribution in [2.24, 2.45) is 0 Å². The second kappa shape index (κ2) is 5.69. The highest BCUT2D eigenvalue weighted by Gasteiger charge is 2.12. The predicted molar refractivity (Wildman–Crippen MR) is 77.3 cm³/mol. The maximum Gasteiger partial charge on any atom is 0.354 e. The van der Waals surface area contributed by atoms with Crippen molar-refractivity contribution in [2.45, 2.75) is 13.3 Å². The number of carboxylic acid groups (broad SMARTS) is 1. The second-order valence-electron chi connectivity index (χ2n) is 4.83. The highest BCUT2D eigenvalue weighted by Crippen LogP contribution is 2.15. The molecule has 0 radical (unpaired) electrons. The molecule has 1 N–H and O–H groups in total. The van der Waals surface area contributed by atoms with E-state index in [4.69, 9.17) is 5.11 Å². The lowest BCUT2D eigenvalue weighted by Gasteiger charge is -2.13. The molecule has 0 atom stereocenters. The summed E-state index contributed by atoms with van der Waals surface area (Å²) in [5.74, 6) is 0.0745. The van der Waals surface area contributed by atoms with E-state index in [2.05, 4.69) is 9.97 Å². The molecule has 0 saturated carbocycles. The fourth-order valence-corrected chi connectivity index (χ4v) is 1.88. The second-order valence-corrected chi connectivity index (χ2v) is 4.83. The molecule has 20 heavy (non-hydrogen) atoms. The number of carbonyl (C=O) groups is 1. The van der Waals surface area contributed by atoms with Crippen molar-refractivity contribution in [1.29, 1.82) is 0 Å². The molecule has 0 bridgehead atoms. The van der Waals surface area contributed by atoms with Crippen molar-refractivity contribution in [3.8, 4) is 0 Å². The molecule has 0 unspecified atom stereocenters. The molecule has 5 heteroatoms. The van der Waals surface area contributed by atoms with Gasteiger partial charge in [-0.3, -0.25) is 0 Å². The summed E-state index contributed by atoms with van der Waals surface area (Å²) in [5, 5.41) is 9.13. The maximum atomic E-state index is 11.1. The third-order valence-electron chi connectivity index (χ3n) is 3.05. The first-order valence-electron chi connectivity index (χ1n) is 6.30. The van der Waals surface area contributed by atoms with Crippen LogP contribution in [-0.4, -0.2) is 35.1 Å². The van der Waals surface area contributed by atoms with E-state index in [0.717, 1.165) is 11.1 Å². The van der Waals surface area contributed by atoms with Crippen LogP contribution < -0.4 is 4.90 Å². The van der Waals surface area contributed by atoms with Gasteiger partial charge in [0.05, 0.1) is 0 Å². The lowest BCUT2D eigenvalue weighted by molar-refractivity contribution is 0.0690. The Kier molecular flexibility index (Phi) is 3.98. The molecule has 0 saturated heterocycles. The van der Waals surface area contributed by atoms with Gasteiger partial charge in [0.1, 0.15) is 11.6 Å². The number of hydrogen-bond acceptors (Lipinski definition) is 4. The molecule has 0 aliphatic rings. The number of rotatable bonds is 4. The predicted octanol–water partition coefficient (Wildman–Crippen LogP) is 2.14. The summed E-state index contributed by atoms with van der Waals surface area (Å²) >= 11 is 0. The zero-order chi connectivity index (χ0) is 14.7. The van der Waals surface area contributed by atoms with Gasteiger partial charge in [-0.15, -0.1) is 0 Å². The van der Waals surface area contributed by atoms with Gasteiger partial charge in [-0.1, -0.05) is 24.3 Å². The number of aryl methyl sites for hydroxylation is 1. The minimum atomic E-state index is -1.04. The van der Waals surface area contributed by atoms with Crippen molar-refractivity contribution in [2.75, 3.05) is 19.0 Å². The van der Waals surface area contributed by atoms with Gasteiger partial charge in [-0.05, 0) is 18.1 Å². The van der Waals surface area contributed by atoms with E-state index in [1.54, 1.807) is 4.90 Å². The quantitative estimate of drug-likeness (QED) is 0.922. The summed E-state index contributed by atoms with van der Waals surface area (Å²) < 4.78 is 0. The van der Waals surface area contributed by atoms with Gasteiger partial charge in [-0.25, -0.2) is 14.8 Å². The van der Waals surface area contributed by atoms with Crippen LogP contribution in [0.1, 0.15) is 27.4 Å². The summed E-state index contributed by atoms with van der Waals surface area (Å²) in [4.78, 5) is 21.4. The molecule has 1 aromatic heterocycles. The fourth-order valence-electron chi connectivity index (χ4n) is 1.88. The van der Waals surface area contributed by atoms with Crippen molar-refractivity contribution in [3.05, 3.63) is 53.0 Å². The number of hydrogen-bond donors (Lipinski definition) is 1. The van der Waals surface area contributed by atoms with E-state index < -0.39 is 5.97 Å². The van der Waals surface area contributed by atoms with Gasteiger partial charge in [0, 0.05) is 26.6 Å². The van der Waals surface area contributed by atoms with E-state index in [-0.39, 0.29) is 5.69 Å². The molecule has 2 rings (SSSR count). The Bertz CT molecular complexity index is 639. The summed E-state index contributed by atoms with van der Waals surface area (Å²) in [6.45, 7) is 2.02. The standard InChI is InChI=1S/C15H17N3O2/c1-10-6-4-5-7-11(10)8-13-16-12(15(19)20)9-14(17-13)18(2)3/h4-7,9H,8H2,1-3H3,(H,19,20). The number of benzene rings is 1. The lowest BCUT2D eigenvalue weighted by atomic mass is 10.1. The van der Waals surface area contributed by atoms with Crippen LogP contribution in [0.3, 0.4) is 0 Å². The SMILES string of the molecule is Cc1ccccc1Cc1nc(C(=O)O)cc(N(C)C)n1. The molecular weight excluding hydrogens is 254 g/mol. The van der Waals surface area contributed by atoms with Crippen LogP contribution >= 0.6 is 0 Å². The summed E-state index contributed by atoms with van der Waals surface area (Å²) in [6, 6.07) is 9.42. The molecule has 0 spiro atoms. The van der Waals surface area contributed by atoms with Gasteiger partial charge in [0.2, 0.25) is 0 Å². The summed E-state index contributed by atoms with van der Waals surface area (Å²) in [6.07, 6.45) is 0.522. The van der Waals surface area contributed by atoms with Crippen LogP contribution in [-0.2, 0) is 6.42 Å². The van der Waals surface area contributed by atoms with Gasteiger partial charge in [0.25, 0.3) is 0 Å². The first-order chi connectivity index (χ1) is 9.47. The molecule has 2 aromatic rings. The van der Waals surface area contributed by atoms with E-state index in [1.807, 2.05) is 45.3 Å². The Morgan fingerprint density at radius 3 is 2.55 bits per heavy atom. The number of aromatic carboxylic acids is 1. The average molecular weight is 271 g/mol. The minimum absolute atomic E-state index is 0.0206. The molecular formula is C15H17N3O2. The van der Waals surface area contributed by atoms with Gasteiger partial charge < -0.3 is 10.0 Å². The van der Waals surface area contributed by atoms with Crippen LogP contribution in [0.2, 0.25) is 0 Å². The first-order valence-corrected chi connectivity index (χ1v) is 6.30. The summed E-state index contributed by atoms with van der Waals surface area (Å²) in [7, 11) is 3.65. The van der Waals surface area contributed by atoms with Crippen LogP contribution in [0.25, 0.3) is 0 Å². The third-order valence-corrected chi connectivity index (χ3v) is 3.05. The number of nitrogens with zero attached hydrogens (tertiary/aromatic N) is 3. The van der Waals surface area contributed by atoms with Crippen LogP contribution in [0.4, 0.5) is 5.82 Å². The Morgan fingerprint density at radius 1 is 1.25 bits per heavy atom. The van der Waals surface area contributed by atoms with E-state index >= 15 is 0 Å². The Morgan fingerprint density at radius 2 is 1.95 bits per heavy atom. The number of anilines is 1. The molecule has 1 heterocycles. The topological polar surface area (TPSA) is 66.3 Å². The Labute approximate surface area is 117 Å². The third kappa shape index (κ3) is 3.12. The maximum absolute atomic E-state index is 11.1. The van der Waals surface area contributed by atoms with Gasteiger partial charge in [-0.2, -0.15) is 0 Å². The monoisotopic (exact) mass is 271 g/mol. The molecule has 1 aromatic carbocycles. The normalized spacial score (nSPS) is 10.3. The highest BCUT2D eigenvalue weighted by molar-refractivity contribution is 5.86. The molecule has 0 amide bonds. The molecule has 5 nitrogen and oxygen atoms in total. The Hall–Kier alpha value is -2.43. The highest BCUT2D eigenvalue weighted by atomic mass is 16.4. The van der Waals surface area contributed by atoms with Crippen molar-refractivity contribution < 1.29 is 9.90 Å². The zero-order valence-electron chi connectivity index (χ0n) is 11.8. The average Bonchev–Trinajstić information content (AvgIpc) is 2.41. The van der Waals surface area contributed by atoms with Gasteiger partial charge in [0.15, 0.2) is 5.69 Å². The van der Waals surface area contributed by atoms with Crippen molar-refractivity contribution >= 4 is 11.8 Å². The smallest absolute Gasteiger partial charge is 0.354 e. The molecule has 0 aliphatic carbocycles. The largest absolute Gasteiger partial charge is 0.477 e. The Balaban J connectivity index is 2.41. The minimum Gasteiger partial charge on any atom is -0.477 e. The van der Waals surface area contributed by atoms with E-state index in [0.29, 0.717) is 18.1 Å². The summed E-state index contributed by atoms with van der Waals surface area (Å²) in [5.41, 5.74) is 2.26.